The summed E-state index contributed by atoms with van der Waals surface area (Å²) in [6.07, 6.45) is 5.02. The van der Waals surface area contributed by atoms with Crippen LogP contribution in [0.4, 0.5) is 5.69 Å². The molecule has 0 saturated heterocycles. The molecule has 102 valence electrons. The zero-order valence-corrected chi connectivity index (χ0v) is 12.2. The maximum Gasteiger partial charge on any atom is 0.0731 e. The van der Waals surface area contributed by atoms with Crippen molar-refractivity contribution in [1.82, 2.24) is 9.78 Å². The highest BCUT2D eigenvalue weighted by atomic mass is 15.3. The summed E-state index contributed by atoms with van der Waals surface area (Å²) in [6.45, 7) is 8.58. The quantitative estimate of drug-likeness (QED) is 0.863. The minimum absolute atomic E-state index is 0.338. The first kappa shape index (κ1) is 13.7. The molecule has 0 radical (unpaired) electrons. The monoisotopic (exact) mass is 257 g/mol. The van der Waals surface area contributed by atoms with E-state index in [4.69, 9.17) is 0 Å². The van der Waals surface area contributed by atoms with Crippen molar-refractivity contribution in [1.29, 1.82) is 0 Å². The molecule has 0 saturated carbocycles. The van der Waals surface area contributed by atoms with Crippen molar-refractivity contribution < 1.29 is 0 Å². The van der Waals surface area contributed by atoms with Crippen LogP contribution in [0.5, 0.6) is 0 Å². The molecule has 0 aliphatic carbocycles. The van der Waals surface area contributed by atoms with Gasteiger partial charge in [-0.15, -0.1) is 0 Å². The minimum Gasteiger partial charge on any atom is -0.376 e. The Morgan fingerprint density at radius 1 is 1.21 bits per heavy atom. The lowest BCUT2D eigenvalue weighted by Gasteiger charge is -2.17. The fraction of sp³-hybridized carbons (Fsp3) is 0.438. The Morgan fingerprint density at radius 2 is 1.89 bits per heavy atom. The second kappa shape index (κ2) is 5.91. The van der Waals surface area contributed by atoms with Crippen molar-refractivity contribution in [2.45, 2.75) is 46.2 Å². The van der Waals surface area contributed by atoms with E-state index in [1.54, 1.807) is 0 Å². The third kappa shape index (κ3) is 3.37. The summed E-state index contributed by atoms with van der Waals surface area (Å²) in [7, 11) is 0. The largest absolute Gasteiger partial charge is 0.376 e. The smallest absolute Gasteiger partial charge is 0.0731 e. The van der Waals surface area contributed by atoms with Gasteiger partial charge in [-0.25, -0.2) is 0 Å². The van der Waals surface area contributed by atoms with E-state index >= 15 is 0 Å². The molecule has 1 N–H and O–H groups in total. The topological polar surface area (TPSA) is 29.9 Å². The zero-order chi connectivity index (χ0) is 13.8. The molecule has 0 spiro atoms. The van der Waals surface area contributed by atoms with Gasteiger partial charge in [0.1, 0.15) is 0 Å². The van der Waals surface area contributed by atoms with Gasteiger partial charge in [-0.05, 0) is 32.8 Å². The van der Waals surface area contributed by atoms with Crippen molar-refractivity contribution in [2.75, 3.05) is 5.32 Å². The predicted molar refractivity (Wildman–Crippen MR) is 80.4 cm³/mol. The lowest BCUT2D eigenvalue weighted by Crippen LogP contribution is -2.09. The van der Waals surface area contributed by atoms with Crippen LogP contribution in [0.15, 0.2) is 36.7 Å². The van der Waals surface area contributed by atoms with Crippen LogP contribution in [0, 0.1) is 6.92 Å². The first-order chi connectivity index (χ1) is 9.10. The summed E-state index contributed by atoms with van der Waals surface area (Å²) in [5, 5.41) is 7.92. The first-order valence-electron chi connectivity index (χ1n) is 6.97. The molecule has 1 unspecified atom stereocenters. The van der Waals surface area contributed by atoms with Crippen molar-refractivity contribution in [3.8, 4) is 0 Å². The molecular weight excluding hydrogens is 234 g/mol. The average Bonchev–Trinajstić information content (AvgIpc) is 2.86. The van der Waals surface area contributed by atoms with Crippen LogP contribution in [0.3, 0.4) is 0 Å². The van der Waals surface area contributed by atoms with Gasteiger partial charge in [0.2, 0.25) is 0 Å². The van der Waals surface area contributed by atoms with Crippen LogP contribution in [0.1, 0.15) is 50.4 Å². The van der Waals surface area contributed by atoms with E-state index in [1.165, 1.54) is 11.1 Å². The lowest BCUT2D eigenvalue weighted by atomic mass is 10.0. The third-order valence-electron chi connectivity index (χ3n) is 3.36. The number of aromatic nitrogens is 2. The molecule has 1 aromatic heterocycles. The van der Waals surface area contributed by atoms with Crippen LogP contribution in [0.2, 0.25) is 0 Å². The second-order valence-corrected chi connectivity index (χ2v) is 5.32. The predicted octanol–water partition coefficient (Wildman–Crippen LogP) is 4.34. The number of hydrogen-bond acceptors (Lipinski definition) is 2. The molecule has 0 aliphatic heterocycles. The summed E-state index contributed by atoms with van der Waals surface area (Å²) >= 11 is 0. The maximum atomic E-state index is 4.37. The molecule has 1 heterocycles. The number of aryl methyl sites for hydroxylation is 1. The van der Waals surface area contributed by atoms with E-state index in [0.717, 1.165) is 12.1 Å². The highest BCUT2D eigenvalue weighted by Crippen LogP contribution is 2.23. The highest BCUT2D eigenvalue weighted by molar-refractivity contribution is 5.42. The highest BCUT2D eigenvalue weighted by Gasteiger charge is 2.10. The summed E-state index contributed by atoms with van der Waals surface area (Å²) in [5.74, 6) is 0. The number of benzene rings is 1. The summed E-state index contributed by atoms with van der Waals surface area (Å²) < 4.78 is 1.98. The molecular formula is C16H23N3. The van der Waals surface area contributed by atoms with E-state index in [0.29, 0.717) is 12.1 Å². The number of nitrogens with one attached hydrogen (secondary N) is 1. The van der Waals surface area contributed by atoms with Gasteiger partial charge in [0, 0.05) is 12.2 Å². The molecule has 0 fully saturated rings. The van der Waals surface area contributed by atoms with E-state index in [1.807, 2.05) is 10.9 Å². The number of rotatable bonds is 5. The molecule has 0 amide bonds. The number of nitrogens with zero attached hydrogens (tertiary/aromatic N) is 2. The van der Waals surface area contributed by atoms with Crippen LogP contribution in [-0.2, 0) is 0 Å². The van der Waals surface area contributed by atoms with Crippen LogP contribution < -0.4 is 5.32 Å². The van der Waals surface area contributed by atoms with Crippen LogP contribution >= 0.6 is 0 Å². The third-order valence-corrected chi connectivity index (χ3v) is 3.36. The fourth-order valence-corrected chi connectivity index (χ4v) is 2.12. The molecule has 3 nitrogen and oxygen atoms in total. The molecule has 1 atom stereocenters. The Bertz CT molecular complexity index is 511. The Hall–Kier alpha value is -1.77. The van der Waals surface area contributed by atoms with Crippen molar-refractivity contribution >= 4 is 5.69 Å². The molecule has 2 aromatic rings. The Morgan fingerprint density at radius 3 is 2.42 bits per heavy atom. The summed E-state index contributed by atoms with van der Waals surface area (Å²) in [4.78, 5) is 0. The molecule has 1 aromatic carbocycles. The zero-order valence-electron chi connectivity index (χ0n) is 12.2. The van der Waals surface area contributed by atoms with Crippen molar-refractivity contribution in [3.05, 3.63) is 47.8 Å². The fourth-order valence-electron chi connectivity index (χ4n) is 2.12. The van der Waals surface area contributed by atoms with E-state index in [-0.39, 0.29) is 0 Å². The maximum absolute atomic E-state index is 4.37. The van der Waals surface area contributed by atoms with Gasteiger partial charge in [-0.1, -0.05) is 36.8 Å². The average molecular weight is 257 g/mol. The van der Waals surface area contributed by atoms with Crippen molar-refractivity contribution in [2.24, 2.45) is 0 Å². The molecule has 0 bridgehead atoms. The minimum atomic E-state index is 0.338. The van der Waals surface area contributed by atoms with Crippen LogP contribution in [0.25, 0.3) is 0 Å². The van der Waals surface area contributed by atoms with Gasteiger partial charge >= 0.3 is 0 Å². The van der Waals surface area contributed by atoms with Gasteiger partial charge in [-0.2, -0.15) is 5.10 Å². The van der Waals surface area contributed by atoms with E-state index in [2.05, 4.69) is 68.6 Å². The first-order valence-corrected chi connectivity index (χ1v) is 6.97. The normalized spacial score (nSPS) is 12.7. The number of anilines is 1. The van der Waals surface area contributed by atoms with Crippen LogP contribution in [-0.4, -0.2) is 9.78 Å². The SMILES string of the molecule is CCC(Nc1cnn(C(C)C)c1)c1ccc(C)cc1. The summed E-state index contributed by atoms with van der Waals surface area (Å²) in [6, 6.07) is 9.46. The Labute approximate surface area is 115 Å². The molecule has 0 aliphatic rings. The standard InChI is InChI=1S/C16H23N3/c1-5-16(14-8-6-13(4)7-9-14)18-15-10-17-19(11-15)12(2)3/h6-12,16,18H,5H2,1-4H3. The second-order valence-electron chi connectivity index (χ2n) is 5.32. The van der Waals surface area contributed by atoms with E-state index < -0.39 is 0 Å². The van der Waals surface area contributed by atoms with Gasteiger partial charge in [-0.3, -0.25) is 4.68 Å². The summed E-state index contributed by atoms with van der Waals surface area (Å²) in [5.41, 5.74) is 3.71. The van der Waals surface area contributed by atoms with Gasteiger partial charge in [0.15, 0.2) is 0 Å². The van der Waals surface area contributed by atoms with Gasteiger partial charge in [0.05, 0.1) is 17.9 Å². The molecule has 2 rings (SSSR count). The number of hydrogen-bond donors (Lipinski definition) is 1. The Balaban J connectivity index is 2.12. The molecule has 19 heavy (non-hydrogen) atoms. The van der Waals surface area contributed by atoms with Gasteiger partial charge in [0.25, 0.3) is 0 Å². The van der Waals surface area contributed by atoms with Gasteiger partial charge < -0.3 is 5.32 Å². The van der Waals surface area contributed by atoms with Crippen molar-refractivity contribution in [3.63, 3.8) is 0 Å². The Kier molecular flexibility index (Phi) is 4.25. The molecule has 3 heteroatoms. The van der Waals surface area contributed by atoms with E-state index in [9.17, 15) is 0 Å². The lowest BCUT2D eigenvalue weighted by molar-refractivity contribution is 0.532.